The summed E-state index contributed by atoms with van der Waals surface area (Å²) in [5.74, 6) is -0.897. The third-order valence-electron chi connectivity index (χ3n) is 5.25. The van der Waals surface area contributed by atoms with Crippen molar-refractivity contribution in [1.29, 1.82) is 0 Å². The highest BCUT2D eigenvalue weighted by atomic mass is 19.1. The summed E-state index contributed by atoms with van der Waals surface area (Å²) >= 11 is 0. The van der Waals surface area contributed by atoms with Gasteiger partial charge in [0.25, 0.3) is 11.8 Å². The van der Waals surface area contributed by atoms with E-state index in [9.17, 15) is 14.0 Å². The predicted molar refractivity (Wildman–Crippen MR) is 123 cm³/mol. The second-order valence-electron chi connectivity index (χ2n) is 7.16. The Morgan fingerprint density at radius 3 is 2.16 bits per heavy atom. The second kappa shape index (κ2) is 9.06. The van der Waals surface area contributed by atoms with Crippen LogP contribution in [0.4, 0.5) is 15.8 Å². The minimum Gasteiger partial charge on any atom is -0.492 e. The van der Waals surface area contributed by atoms with Gasteiger partial charge in [0.2, 0.25) is 0 Å². The molecule has 0 aliphatic carbocycles. The molecule has 4 rings (SSSR count). The number of halogens is 1. The molecule has 0 atom stereocenters. The summed E-state index contributed by atoms with van der Waals surface area (Å²) in [6.45, 7) is 4.61. The van der Waals surface area contributed by atoms with Gasteiger partial charge in [0, 0.05) is 12.2 Å². The van der Waals surface area contributed by atoms with Crippen LogP contribution in [0, 0.1) is 5.82 Å². The van der Waals surface area contributed by atoms with Crippen LogP contribution in [-0.2, 0) is 9.59 Å². The lowest BCUT2D eigenvalue weighted by molar-refractivity contribution is -0.120. The molecule has 0 aromatic heterocycles. The zero-order valence-electron chi connectivity index (χ0n) is 17.9. The number of nitrogens with zero attached hydrogens (tertiary/aromatic N) is 2. The number of amides is 2. The van der Waals surface area contributed by atoms with Crippen LogP contribution in [0.3, 0.4) is 0 Å². The first-order chi connectivity index (χ1) is 15.6. The highest BCUT2D eigenvalue weighted by Gasteiger charge is 2.43. The summed E-state index contributed by atoms with van der Waals surface area (Å²) in [5.41, 5.74) is 2.12. The lowest BCUT2D eigenvalue weighted by atomic mass is 10.0. The molecule has 0 saturated carbocycles. The number of para-hydroxylation sites is 3. The predicted octanol–water partition coefficient (Wildman–Crippen LogP) is 5.04. The number of hydrogen-bond donors (Lipinski definition) is 0. The summed E-state index contributed by atoms with van der Waals surface area (Å²) in [6, 6.07) is 22.0. The molecule has 6 heteroatoms. The summed E-state index contributed by atoms with van der Waals surface area (Å²) in [7, 11) is 0. The van der Waals surface area contributed by atoms with Gasteiger partial charge in [-0.25, -0.2) is 9.29 Å². The molecule has 1 heterocycles. The van der Waals surface area contributed by atoms with E-state index in [1.54, 1.807) is 24.3 Å². The Morgan fingerprint density at radius 1 is 0.844 bits per heavy atom. The molecule has 0 fully saturated rings. The van der Waals surface area contributed by atoms with Crippen molar-refractivity contribution in [2.45, 2.75) is 13.8 Å². The van der Waals surface area contributed by atoms with E-state index in [0.29, 0.717) is 30.2 Å². The van der Waals surface area contributed by atoms with E-state index in [0.717, 1.165) is 10.6 Å². The van der Waals surface area contributed by atoms with E-state index in [1.807, 2.05) is 49.1 Å². The van der Waals surface area contributed by atoms with Crippen LogP contribution in [-0.4, -0.2) is 25.0 Å². The molecule has 3 aromatic carbocycles. The molecular weight excluding hydrogens is 407 g/mol. The van der Waals surface area contributed by atoms with Gasteiger partial charge in [0.05, 0.1) is 17.9 Å². The molecule has 0 saturated heterocycles. The van der Waals surface area contributed by atoms with E-state index in [4.69, 9.17) is 4.74 Å². The van der Waals surface area contributed by atoms with Crippen molar-refractivity contribution >= 4 is 28.8 Å². The molecule has 0 spiro atoms. The van der Waals surface area contributed by atoms with E-state index < -0.39 is 17.6 Å². The van der Waals surface area contributed by atoms with Crippen LogP contribution in [0.25, 0.3) is 5.57 Å². The molecular formula is C26H23FN2O3. The van der Waals surface area contributed by atoms with E-state index in [1.165, 1.54) is 24.3 Å². The van der Waals surface area contributed by atoms with Crippen LogP contribution in [0.1, 0.15) is 19.4 Å². The van der Waals surface area contributed by atoms with Gasteiger partial charge >= 0.3 is 0 Å². The molecule has 0 unspecified atom stereocenters. The van der Waals surface area contributed by atoms with E-state index in [2.05, 4.69) is 0 Å². The lowest BCUT2D eigenvalue weighted by Gasteiger charge is -2.25. The molecule has 0 radical (unpaired) electrons. The van der Waals surface area contributed by atoms with E-state index in [-0.39, 0.29) is 11.3 Å². The number of carbonyl (C=O) groups is 2. The van der Waals surface area contributed by atoms with Crippen molar-refractivity contribution in [2.75, 3.05) is 23.0 Å². The number of benzene rings is 3. The van der Waals surface area contributed by atoms with Crippen molar-refractivity contribution in [3.8, 4) is 5.75 Å². The third-order valence-corrected chi connectivity index (χ3v) is 5.25. The Balaban J connectivity index is 1.91. The standard InChI is InChI=1S/C26H23FN2O3/c1-3-28(20-10-6-5-7-11-20)24-23(18-14-16-19(27)17-15-18)25(30)29(26(24)31)21-12-8-9-13-22(21)32-4-2/h5-17H,3-4H2,1-2H3. The van der Waals surface area contributed by atoms with E-state index >= 15 is 0 Å². The number of imide groups is 1. The van der Waals surface area contributed by atoms with Crippen LogP contribution < -0.4 is 14.5 Å². The fourth-order valence-corrected chi connectivity index (χ4v) is 3.86. The van der Waals surface area contributed by atoms with Crippen LogP contribution in [0.2, 0.25) is 0 Å². The summed E-state index contributed by atoms with van der Waals surface area (Å²) < 4.78 is 19.3. The Kier molecular flexibility index (Phi) is 6.03. The molecule has 0 bridgehead atoms. The average Bonchev–Trinajstić information content (AvgIpc) is 3.06. The molecule has 3 aromatic rings. The van der Waals surface area contributed by atoms with Crippen molar-refractivity contribution in [3.05, 3.63) is 95.9 Å². The van der Waals surface area contributed by atoms with Gasteiger partial charge in [-0.05, 0) is 55.8 Å². The smallest absolute Gasteiger partial charge is 0.282 e. The maximum Gasteiger partial charge on any atom is 0.282 e. The first-order valence-corrected chi connectivity index (χ1v) is 10.5. The normalized spacial score (nSPS) is 13.7. The highest BCUT2D eigenvalue weighted by Crippen LogP contribution is 2.39. The van der Waals surface area contributed by atoms with Crippen molar-refractivity contribution in [2.24, 2.45) is 0 Å². The molecule has 1 aliphatic heterocycles. The Morgan fingerprint density at radius 2 is 1.50 bits per heavy atom. The summed E-state index contributed by atoms with van der Waals surface area (Å²) in [6.07, 6.45) is 0. The zero-order chi connectivity index (χ0) is 22.7. The van der Waals surface area contributed by atoms with Gasteiger partial charge < -0.3 is 9.64 Å². The second-order valence-corrected chi connectivity index (χ2v) is 7.16. The SMILES string of the molecule is CCOc1ccccc1N1C(=O)C(c2ccc(F)cc2)=C(N(CC)c2ccccc2)C1=O. The van der Waals surface area contributed by atoms with Gasteiger partial charge in [0.1, 0.15) is 17.3 Å². The number of rotatable bonds is 7. The van der Waals surface area contributed by atoms with Gasteiger partial charge in [-0.1, -0.05) is 42.5 Å². The van der Waals surface area contributed by atoms with Gasteiger partial charge in [-0.15, -0.1) is 0 Å². The van der Waals surface area contributed by atoms with Crippen molar-refractivity contribution in [3.63, 3.8) is 0 Å². The molecule has 1 aliphatic rings. The Bertz CT molecular complexity index is 1170. The largest absolute Gasteiger partial charge is 0.492 e. The fraction of sp³-hybridized carbons (Fsp3) is 0.154. The third kappa shape index (κ3) is 3.75. The molecule has 5 nitrogen and oxygen atoms in total. The highest BCUT2D eigenvalue weighted by molar-refractivity contribution is 6.46. The summed E-state index contributed by atoms with van der Waals surface area (Å²) in [5, 5.41) is 0. The number of likely N-dealkylation sites (N-methyl/N-ethyl adjacent to an activating group) is 1. The minimum absolute atomic E-state index is 0.229. The molecule has 0 N–H and O–H groups in total. The van der Waals surface area contributed by atoms with Gasteiger partial charge in [-0.2, -0.15) is 0 Å². The first kappa shape index (κ1) is 21.3. The monoisotopic (exact) mass is 430 g/mol. The quantitative estimate of drug-likeness (QED) is 0.493. The van der Waals surface area contributed by atoms with Crippen LogP contribution in [0.5, 0.6) is 5.75 Å². The zero-order valence-corrected chi connectivity index (χ0v) is 17.9. The van der Waals surface area contributed by atoms with Crippen molar-refractivity contribution in [1.82, 2.24) is 0 Å². The number of ether oxygens (including phenoxy) is 1. The fourth-order valence-electron chi connectivity index (χ4n) is 3.86. The molecule has 2 amide bonds. The Labute approximate surface area is 186 Å². The van der Waals surface area contributed by atoms with Crippen LogP contribution >= 0.6 is 0 Å². The molecule has 162 valence electrons. The molecule has 32 heavy (non-hydrogen) atoms. The van der Waals surface area contributed by atoms with Crippen LogP contribution in [0.15, 0.2) is 84.6 Å². The van der Waals surface area contributed by atoms with Crippen molar-refractivity contribution < 1.29 is 18.7 Å². The lowest BCUT2D eigenvalue weighted by Crippen LogP contribution is -2.35. The number of anilines is 2. The first-order valence-electron chi connectivity index (χ1n) is 10.5. The Hall–Kier alpha value is -3.93. The summed E-state index contributed by atoms with van der Waals surface area (Å²) in [4.78, 5) is 30.4. The van der Waals surface area contributed by atoms with Gasteiger partial charge in [-0.3, -0.25) is 9.59 Å². The number of carbonyl (C=O) groups excluding carboxylic acids is 2. The van der Waals surface area contributed by atoms with Gasteiger partial charge in [0.15, 0.2) is 0 Å². The number of hydrogen-bond acceptors (Lipinski definition) is 4. The maximum atomic E-state index is 13.8. The topological polar surface area (TPSA) is 49.9 Å². The maximum absolute atomic E-state index is 13.8. The minimum atomic E-state index is -0.474. The average molecular weight is 430 g/mol.